The van der Waals surface area contributed by atoms with E-state index >= 15 is 0 Å². The lowest BCUT2D eigenvalue weighted by atomic mass is 10.1. The zero-order valence-electron chi connectivity index (χ0n) is 10.3. The van der Waals surface area contributed by atoms with Crippen molar-refractivity contribution >= 4 is 8.07 Å². The highest BCUT2D eigenvalue weighted by atomic mass is 28.3. The molecule has 0 bridgehead atoms. The van der Waals surface area contributed by atoms with Gasteiger partial charge >= 0.3 is 0 Å². The third-order valence-corrected chi connectivity index (χ3v) is 6.86. The lowest BCUT2D eigenvalue weighted by molar-refractivity contribution is 1.15. The summed E-state index contributed by atoms with van der Waals surface area (Å²) < 4.78 is 0. The minimum absolute atomic E-state index is 0.721. The molecule has 0 spiro atoms. The highest BCUT2D eigenvalue weighted by Gasteiger charge is 2.32. The van der Waals surface area contributed by atoms with Gasteiger partial charge in [-0.15, -0.1) is 0 Å². The Labute approximate surface area is 89.4 Å². The van der Waals surface area contributed by atoms with Gasteiger partial charge in [0.1, 0.15) is 0 Å². The summed E-state index contributed by atoms with van der Waals surface area (Å²) in [6.07, 6.45) is 4.69. The van der Waals surface area contributed by atoms with Crippen LogP contribution < -0.4 is 0 Å². The molecule has 14 heavy (non-hydrogen) atoms. The van der Waals surface area contributed by atoms with E-state index in [-0.39, 0.29) is 0 Å². The lowest BCUT2D eigenvalue weighted by Crippen LogP contribution is -2.29. The number of allylic oxidation sites excluding steroid dienone is 5. The van der Waals surface area contributed by atoms with Crippen molar-refractivity contribution in [2.45, 2.75) is 46.3 Å². The maximum atomic E-state index is 2.47. The summed E-state index contributed by atoms with van der Waals surface area (Å²) in [5.41, 5.74) is 7.76. The van der Waals surface area contributed by atoms with Crippen LogP contribution in [-0.4, -0.2) is 8.07 Å². The molecule has 0 aromatic rings. The Hall–Kier alpha value is -0.563. The Kier molecular flexibility index (Phi) is 3.20. The van der Waals surface area contributed by atoms with Gasteiger partial charge in [-0.05, 0) is 38.8 Å². The summed E-state index contributed by atoms with van der Waals surface area (Å²) in [6, 6.07) is 0. The van der Waals surface area contributed by atoms with Crippen LogP contribution in [0.25, 0.3) is 0 Å². The molecule has 0 saturated heterocycles. The number of rotatable bonds is 2. The predicted molar refractivity (Wildman–Crippen MR) is 68.2 cm³/mol. The van der Waals surface area contributed by atoms with Crippen LogP contribution in [0.3, 0.4) is 0 Å². The molecule has 1 aliphatic rings. The van der Waals surface area contributed by atoms with Crippen molar-refractivity contribution in [2.24, 2.45) is 0 Å². The first-order valence-electron chi connectivity index (χ1n) is 5.40. The van der Waals surface area contributed by atoms with E-state index in [9.17, 15) is 0 Å². The summed E-state index contributed by atoms with van der Waals surface area (Å²) in [7, 11) is -1.23. The molecule has 1 unspecified atom stereocenters. The minimum Gasteiger partial charge on any atom is -0.0980 e. The van der Waals surface area contributed by atoms with Crippen LogP contribution >= 0.6 is 0 Å². The molecular formula is C13H22Si. The van der Waals surface area contributed by atoms with E-state index in [1.54, 1.807) is 5.57 Å². The predicted octanol–water partition coefficient (Wildman–Crippen LogP) is 4.48. The molecule has 0 heterocycles. The van der Waals surface area contributed by atoms with E-state index in [1.807, 2.05) is 0 Å². The molecule has 1 rings (SSSR count). The summed E-state index contributed by atoms with van der Waals surface area (Å²) in [6.45, 7) is 13.8. The van der Waals surface area contributed by atoms with Crippen molar-refractivity contribution in [3.63, 3.8) is 0 Å². The normalized spacial score (nSPS) is 23.6. The van der Waals surface area contributed by atoms with Gasteiger partial charge in [-0.1, -0.05) is 42.1 Å². The molecule has 1 aliphatic carbocycles. The van der Waals surface area contributed by atoms with E-state index in [1.165, 1.54) is 11.1 Å². The van der Waals surface area contributed by atoms with Crippen molar-refractivity contribution in [1.29, 1.82) is 0 Å². The fraction of sp³-hybridized carbons (Fsp3) is 0.538. The second-order valence-electron chi connectivity index (χ2n) is 4.96. The first-order chi connectivity index (χ1) is 6.40. The SMILES string of the molecule is CC=C[Si](C)(C)C1C=C(C)C(C)=C1C. The Morgan fingerprint density at radius 1 is 1.21 bits per heavy atom. The number of hydrogen-bond acceptors (Lipinski definition) is 0. The Balaban J connectivity index is 3.04. The summed E-state index contributed by atoms with van der Waals surface area (Å²) in [5, 5.41) is 0. The third-order valence-electron chi connectivity index (χ3n) is 3.46. The van der Waals surface area contributed by atoms with Gasteiger partial charge in [0.05, 0.1) is 8.07 Å². The van der Waals surface area contributed by atoms with Gasteiger partial charge in [-0.2, -0.15) is 0 Å². The minimum atomic E-state index is -1.23. The average molecular weight is 206 g/mol. The van der Waals surface area contributed by atoms with E-state index < -0.39 is 8.07 Å². The van der Waals surface area contributed by atoms with Crippen LogP contribution in [0, 0.1) is 0 Å². The smallest absolute Gasteiger partial charge is 0.0823 e. The average Bonchev–Trinajstić information content (AvgIpc) is 2.33. The topological polar surface area (TPSA) is 0 Å². The maximum absolute atomic E-state index is 2.47. The lowest BCUT2D eigenvalue weighted by Gasteiger charge is -2.26. The van der Waals surface area contributed by atoms with Crippen molar-refractivity contribution < 1.29 is 0 Å². The van der Waals surface area contributed by atoms with Gasteiger partial charge < -0.3 is 0 Å². The highest BCUT2D eigenvalue weighted by Crippen LogP contribution is 2.41. The second kappa shape index (κ2) is 3.89. The van der Waals surface area contributed by atoms with Crippen LogP contribution in [0.1, 0.15) is 27.7 Å². The molecule has 0 nitrogen and oxygen atoms in total. The van der Waals surface area contributed by atoms with Crippen molar-refractivity contribution in [3.05, 3.63) is 34.6 Å². The molecular weight excluding hydrogens is 184 g/mol. The van der Waals surface area contributed by atoms with Crippen LogP contribution in [0.4, 0.5) is 0 Å². The van der Waals surface area contributed by atoms with E-state index in [0.717, 1.165) is 5.54 Å². The first-order valence-corrected chi connectivity index (χ1v) is 8.55. The molecule has 0 fully saturated rings. The Morgan fingerprint density at radius 2 is 1.79 bits per heavy atom. The zero-order chi connectivity index (χ0) is 10.9. The molecule has 0 aliphatic heterocycles. The fourth-order valence-electron chi connectivity index (χ4n) is 2.35. The number of hydrogen-bond donors (Lipinski definition) is 0. The van der Waals surface area contributed by atoms with Crippen LogP contribution in [0.5, 0.6) is 0 Å². The van der Waals surface area contributed by atoms with Gasteiger partial charge in [-0.3, -0.25) is 0 Å². The largest absolute Gasteiger partial charge is 0.0980 e. The standard InChI is InChI=1S/C13H22Si/c1-7-8-14(5,6)13-9-10(2)11(3)12(13)4/h7-9,13H,1-6H3. The summed E-state index contributed by atoms with van der Waals surface area (Å²) >= 11 is 0. The molecule has 1 atom stereocenters. The summed E-state index contributed by atoms with van der Waals surface area (Å²) in [4.78, 5) is 0. The highest BCUT2D eigenvalue weighted by molar-refractivity contribution is 6.84. The van der Waals surface area contributed by atoms with E-state index in [0.29, 0.717) is 0 Å². The van der Waals surface area contributed by atoms with Crippen LogP contribution in [0.15, 0.2) is 34.6 Å². The molecule has 0 radical (unpaired) electrons. The Bertz CT molecular complexity index is 316. The third kappa shape index (κ3) is 1.93. The molecule has 0 N–H and O–H groups in total. The molecule has 0 aromatic heterocycles. The zero-order valence-corrected chi connectivity index (χ0v) is 11.3. The van der Waals surface area contributed by atoms with Gasteiger partial charge in [0.25, 0.3) is 0 Å². The van der Waals surface area contributed by atoms with Crippen LogP contribution in [0.2, 0.25) is 18.6 Å². The van der Waals surface area contributed by atoms with Crippen molar-refractivity contribution in [1.82, 2.24) is 0 Å². The van der Waals surface area contributed by atoms with Crippen molar-refractivity contribution in [2.75, 3.05) is 0 Å². The molecule has 78 valence electrons. The molecule has 0 amide bonds. The molecule has 0 saturated carbocycles. The van der Waals surface area contributed by atoms with Crippen molar-refractivity contribution in [3.8, 4) is 0 Å². The quantitative estimate of drug-likeness (QED) is 0.585. The first kappa shape index (κ1) is 11.5. The van der Waals surface area contributed by atoms with E-state index in [2.05, 4.69) is 58.6 Å². The second-order valence-corrected chi connectivity index (χ2v) is 9.55. The maximum Gasteiger partial charge on any atom is 0.0823 e. The van der Waals surface area contributed by atoms with Gasteiger partial charge in [0.15, 0.2) is 0 Å². The van der Waals surface area contributed by atoms with Gasteiger partial charge in [0.2, 0.25) is 0 Å². The van der Waals surface area contributed by atoms with Gasteiger partial charge in [0, 0.05) is 0 Å². The molecule has 0 aromatic carbocycles. The Morgan fingerprint density at radius 3 is 2.14 bits per heavy atom. The van der Waals surface area contributed by atoms with Crippen LogP contribution in [-0.2, 0) is 0 Å². The fourth-order valence-corrected chi connectivity index (χ4v) is 5.43. The summed E-state index contributed by atoms with van der Waals surface area (Å²) in [5.74, 6) is 0. The molecule has 1 heteroatoms. The van der Waals surface area contributed by atoms with Gasteiger partial charge in [-0.25, -0.2) is 0 Å². The monoisotopic (exact) mass is 206 g/mol. The van der Waals surface area contributed by atoms with E-state index in [4.69, 9.17) is 0 Å².